The van der Waals surface area contributed by atoms with Gasteiger partial charge in [-0.1, -0.05) is 5.16 Å². The first kappa shape index (κ1) is 12.5. The molecule has 1 aromatic heterocycles. The van der Waals surface area contributed by atoms with Crippen molar-refractivity contribution in [2.75, 3.05) is 18.1 Å². The number of hydrogen-bond donors (Lipinski definition) is 1. The van der Waals surface area contributed by atoms with E-state index in [0.717, 1.165) is 12.8 Å². The Bertz CT molecular complexity index is 469. The van der Waals surface area contributed by atoms with Crippen LogP contribution in [0.4, 0.5) is 0 Å². The predicted molar refractivity (Wildman–Crippen MR) is 62.1 cm³/mol. The minimum Gasteiger partial charge on any atom is -0.339 e. The molecule has 0 amide bonds. The minimum atomic E-state index is -2.87. The van der Waals surface area contributed by atoms with Crippen LogP contribution in [0.2, 0.25) is 0 Å². The van der Waals surface area contributed by atoms with Crippen molar-refractivity contribution < 1.29 is 12.9 Å². The van der Waals surface area contributed by atoms with E-state index in [1.807, 2.05) is 0 Å². The summed E-state index contributed by atoms with van der Waals surface area (Å²) in [5.74, 6) is 1.78. The van der Waals surface area contributed by atoms with E-state index < -0.39 is 9.84 Å². The van der Waals surface area contributed by atoms with Crippen LogP contribution in [0.5, 0.6) is 0 Å². The van der Waals surface area contributed by atoms with Crippen LogP contribution in [0, 0.1) is 5.92 Å². The Morgan fingerprint density at radius 2 is 2.29 bits per heavy atom. The second-order valence-electron chi connectivity index (χ2n) is 4.47. The molecule has 0 saturated carbocycles. The lowest BCUT2D eigenvalue weighted by molar-refractivity contribution is 0.346. The fraction of sp³-hybridized carbons (Fsp3) is 0.800. The molecule has 0 aliphatic carbocycles. The molecule has 1 atom stereocenters. The summed E-state index contributed by atoms with van der Waals surface area (Å²) in [6.07, 6.45) is 2.79. The summed E-state index contributed by atoms with van der Waals surface area (Å²) < 4.78 is 28.0. The first-order valence-electron chi connectivity index (χ1n) is 5.81. The predicted octanol–water partition coefficient (Wildman–Crippen LogP) is -0.0619. The van der Waals surface area contributed by atoms with Crippen molar-refractivity contribution in [2.45, 2.75) is 25.7 Å². The highest BCUT2D eigenvalue weighted by molar-refractivity contribution is 7.91. The molecule has 1 aromatic rings. The molecule has 1 aliphatic heterocycles. The second-order valence-corrected chi connectivity index (χ2v) is 6.70. The third kappa shape index (κ3) is 3.50. The van der Waals surface area contributed by atoms with Crippen molar-refractivity contribution in [1.82, 2.24) is 10.1 Å². The van der Waals surface area contributed by atoms with Gasteiger partial charge in [-0.15, -0.1) is 0 Å². The van der Waals surface area contributed by atoms with E-state index >= 15 is 0 Å². The average Bonchev–Trinajstić information content (AvgIpc) is 2.64. The maximum atomic E-state index is 11.5. The summed E-state index contributed by atoms with van der Waals surface area (Å²) in [6, 6.07) is 0. The molecule has 7 heteroatoms. The SMILES string of the molecule is NCCc1noc(CC2CCCS(=O)(=O)C2)n1. The number of nitrogens with zero attached hydrogens (tertiary/aromatic N) is 2. The van der Waals surface area contributed by atoms with Gasteiger partial charge < -0.3 is 10.3 Å². The largest absolute Gasteiger partial charge is 0.339 e. The van der Waals surface area contributed by atoms with E-state index in [4.69, 9.17) is 10.3 Å². The quantitative estimate of drug-likeness (QED) is 0.813. The van der Waals surface area contributed by atoms with Gasteiger partial charge in [-0.2, -0.15) is 4.98 Å². The molecule has 96 valence electrons. The van der Waals surface area contributed by atoms with Crippen LogP contribution in [-0.4, -0.2) is 36.6 Å². The van der Waals surface area contributed by atoms with Gasteiger partial charge >= 0.3 is 0 Å². The van der Waals surface area contributed by atoms with E-state index in [1.54, 1.807) is 0 Å². The molecule has 6 nitrogen and oxygen atoms in total. The van der Waals surface area contributed by atoms with Gasteiger partial charge in [-0.25, -0.2) is 8.42 Å². The van der Waals surface area contributed by atoms with Gasteiger partial charge in [0.2, 0.25) is 5.89 Å². The van der Waals surface area contributed by atoms with Gasteiger partial charge in [-0.3, -0.25) is 0 Å². The summed E-state index contributed by atoms with van der Waals surface area (Å²) in [6.45, 7) is 0.483. The molecule has 2 rings (SSSR count). The van der Waals surface area contributed by atoms with Gasteiger partial charge in [-0.05, 0) is 25.3 Å². The summed E-state index contributed by atoms with van der Waals surface area (Å²) >= 11 is 0. The molecule has 2 N–H and O–H groups in total. The van der Waals surface area contributed by atoms with Crippen LogP contribution in [0.15, 0.2) is 4.52 Å². The molecule has 0 bridgehead atoms. The normalized spacial score (nSPS) is 23.7. The van der Waals surface area contributed by atoms with E-state index in [-0.39, 0.29) is 11.7 Å². The number of sulfone groups is 1. The highest BCUT2D eigenvalue weighted by Gasteiger charge is 2.26. The van der Waals surface area contributed by atoms with Gasteiger partial charge in [0.05, 0.1) is 11.5 Å². The lowest BCUT2D eigenvalue weighted by Crippen LogP contribution is -2.26. The molecular weight excluding hydrogens is 242 g/mol. The van der Waals surface area contributed by atoms with Crippen molar-refractivity contribution in [1.29, 1.82) is 0 Å². The maximum Gasteiger partial charge on any atom is 0.226 e. The summed E-state index contributed by atoms with van der Waals surface area (Å²) in [5.41, 5.74) is 5.39. The number of aromatic nitrogens is 2. The molecule has 17 heavy (non-hydrogen) atoms. The average molecular weight is 259 g/mol. The third-order valence-electron chi connectivity index (χ3n) is 2.90. The number of nitrogens with two attached hydrogens (primary N) is 1. The lowest BCUT2D eigenvalue weighted by Gasteiger charge is -2.19. The van der Waals surface area contributed by atoms with Crippen molar-refractivity contribution in [2.24, 2.45) is 11.7 Å². The van der Waals surface area contributed by atoms with Gasteiger partial charge in [0.1, 0.15) is 0 Å². The molecule has 0 radical (unpaired) electrons. The van der Waals surface area contributed by atoms with Crippen LogP contribution in [0.25, 0.3) is 0 Å². The zero-order valence-electron chi connectivity index (χ0n) is 9.63. The van der Waals surface area contributed by atoms with Crippen LogP contribution >= 0.6 is 0 Å². The third-order valence-corrected chi connectivity index (χ3v) is 4.79. The summed E-state index contributed by atoms with van der Waals surface area (Å²) in [7, 11) is -2.87. The topological polar surface area (TPSA) is 99.1 Å². The first-order chi connectivity index (χ1) is 8.09. The van der Waals surface area contributed by atoms with Crippen LogP contribution in [0.3, 0.4) is 0 Å². The zero-order valence-corrected chi connectivity index (χ0v) is 10.4. The zero-order chi connectivity index (χ0) is 12.3. The minimum absolute atomic E-state index is 0.111. The van der Waals surface area contributed by atoms with E-state index in [9.17, 15) is 8.42 Å². The Morgan fingerprint density at radius 3 is 3.00 bits per heavy atom. The Balaban J connectivity index is 1.95. The van der Waals surface area contributed by atoms with Crippen molar-refractivity contribution in [3.05, 3.63) is 11.7 Å². The van der Waals surface area contributed by atoms with E-state index in [2.05, 4.69) is 10.1 Å². The van der Waals surface area contributed by atoms with E-state index in [0.29, 0.717) is 36.9 Å². The Kier molecular flexibility index (Phi) is 3.78. The smallest absolute Gasteiger partial charge is 0.226 e. The lowest BCUT2D eigenvalue weighted by atomic mass is 10.0. The maximum absolute atomic E-state index is 11.5. The molecule has 1 aliphatic rings. The van der Waals surface area contributed by atoms with Crippen molar-refractivity contribution in [3.8, 4) is 0 Å². The molecule has 1 fully saturated rings. The first-order valence-corrected chi connectivity index (χ1v) is 7.63. The molecule has 0 spiro atoms. The fourth-order valence-electron chi connectivity index (χ4n) is 2.13. The molecule has 2 heterocycles. The second kappa shape index (κ2) is 5.14. The standard InChI is InChI=1S/C10H17N3O3S/c11-4-3-9-12-10(16-13-9)6-8-2-1-5-17(14,15)7-8/h8H,1-7,11H2. The number of hydrogen-bond acceptors (Lipinski definition) is 6. The molecular formula is C10H17N3O3S. The summed E-state index contributed by atoms with van der Waals surface area (Å²) in [5, 5.41) is 3.79. The Labute approximate surface area is 100 Å². The summed E-state index contributed by atoms with van der Waals surface area (Å²) in [4.78, 5) is 4.19. The Hall–Kier alpha value is -0.950. The molecule has 1 saturated heterocycles. The van der Waals surface area contributed by atoms with Crippen LogP contribution < -0.4 is 5.73 Å². The van der Waals surface area contributed by atoms with Gasteiger partial charge in [0.25, 0.3) is 0 Å². The number of rotatable bonds is 4. The van der Waals surface area contributed by atoms with Crippen molar-refractivity contribution in [3.63, 3.8) is 0 Å². The van der Waals surface area contributed by atoms with Crippen molar-refractivity contribution >= 4 is 9.84 Å². The van der Waals surface area contributed by atoms with Gasteiger partial charge in [0, 0.05) is 12.8 Å². The van der Waals surface area contributed by atoms with Gasteiger partial charge in [0.15, 0.2) is 15.7 Å². The van der Waals surface area contributed by atoms with Crippen LogP contribution in [-0.2, 0) is 22.7 Å². The fourth-order valence-corrected chi connectivity index (χ4v) is 3.91. The monoisotopic (exact) mass is 259 g/mol. The van der Waals surface area contributed by atoms with Crippen LogP contribution in [0.1, 0.15) is 24.6 Å². The highest BCUT2D eigenvalue weighted by atomic mass is 32.2. The Morgan fingerprint density at radius 1 is 1.47 bits per heavy atom. The molecule has 1 unspecified atom stereocenters. The molecule has 0 aromatic carbocycles. The van der Waals surface area contributed by atoms with E-state index in [1.165, 1.54) is 0 Å². The highest BCUT2D eigenvalue weighted by Crippen LogP contribution is 2.21.